The maximum Gasteiger partial charge on any atom is 0.331 e. The van der Waals surface area contributed by atoms with Crippen molar-refractivity contribution >= 4 is 17.7 Å². The largest absolute Gasteiger partial charge is 0.497 e. The SMILES string of the molecule is COc1ccc(-c2cn3cc(C)ccc3n2)c(/C=C/C(=O)OC(C)(C)C)c1. The van der Waals surface area contributed by atoms with Gasteiger partial charge in [-0.3, -0.25) is 0 Å². The number of methoxy groups -OCH3 is 1. The Labute approximate surface area is 159 Å². The number of aromatic nitrogens is 2. The van der Waals surface area contributed by atoms with Gasteiger partial charge in [0.2, 0.25) is 0 Å². The number of imidazole rings is 1. The van der Waals surface area contributed by atoms with Crippen molar-refractivity contribution in [3.8, 4) is 17.0 Å². The van der Waals surface area contributed by atoms with Crippen LogP contribution in [0.25, 0.3) is 23.0 Å². The van der Waals surface area contributed by atoms with Crippen molar-refractivity contribution in [1.29, 1.82) is 0 Å². The lowest BCUT2D eigenvalue weighted by atomic mass is 10.0. The van der Waals surface area contributed by atoms with E-state index in [0.29, 0.717) is 5.75 Å². The zero-order valence-electron chi connectivity index (χ0n) is 16.3. The Kier molecular flexibility index (Phi) is 5.04. The van der Waals surface area contributed by atoms with E-state index < -0.39 is 5.60 Å². The fraction of sp³-hybridized carbons (Fsp3) is 0.273. The summed E-state index contributed by atoms with van der Waals surface area (Å²) in [6, 6.07) is 9.73. The van der Waals surface area contributed by atoms with Crippen molar-refractivity contribution in [2.75, 3.05) is 7.11 Å². The lowest BCUT2D eigenvalue weighted by molar-refractivity contribution is -0.148. The summed E-state index contributed by atoms with van der Waals surface area (Å²) in [6.07, 6.45) is 7.19. The van der Waals surface area contributed by atoms with E-state index in [2.05, 4.69) is 0 Å². The second kappa shape index (κ2) is 7.27. The predicted octanol–water partition coefficient (Wildman–Crippen LogP) is 4.67. The summed E-state index contributed by atoms with van der Waals surface area (Å²) < 4.78 is 12.7. The number of carbonyl (C=O) groups is 1. The van der Waals surface area contributed by atoms with Crippen LogP contribution in [0.3, 0.4) is 0 Å². The molecule has 27 heavy (non-hydrogen) atoms. The Morgan fingerprint density at radius 3 is 2.63 bits per heavy atom. The molecule has 0 aliphatic carbocycles. The summed E-state index contributed by atoms with van der Waals surface area (Å²) in [4.78, 5) is 16.8. The number of rotatable bonds is 4. The monoisotopic (exact) mass is 364 g/mol. The van der Waals surface area contributed by atoms with E-state index >= 15 is 0 Å². The highest BCUT2D eigenvalue weighted by Crippen LogP contribution is 2.28. The number of aryl methyl sites for hydroxylation is 1. The van der Waals surface area contributed by atoms with Crippen molar-refractivity contribution < 1.29 is 14.3 Å². The van der Waals surface area contributed by atoms with Crippen LogP contribution < -0.4 is 4.74 Å². The molecule has 0 amide bonds. The second-order valence-corrected chi connectivity index (χ2v) is 7.42. The summed E-state index contributed by atoms with van der Waals surface area (Å²) in [5.41, 5.74) is 4.07. The van der Waals surface area contributed by atoms with Crippen LogP contribution in [0.4, 0.5) is 0 Å². The second-order valence-electron chi connectivity index (χ2n) is 7.42. The van der Waals surface area contributed by atoms with Gasteiger partial charge in [-0.25, -0.2) is 9.78 Å². The van der Waals surface area contributed by atoms with Gasteiger partial charge in [-0.2, -0.15) is 0 Å². The normalized spacial score (nSPS) is 11.9. The number of carbonyl (C=O) groups excluding carboxylic acids is 1. The number of fused-ring (bicyclic) bond motifs is 1. The topological polar surface area (TPSA) is 52.8 Å². The Morgan fingerprint density at radius 1 is 1.15 bits per heavy atom. The fourth-order valence-electron chi connectivity index (χ4n) is 2.77. The molecule has 0 fully saturated rings. The van der Waals surface area contributed by atoms with Crippen LogP contribution >= 0.6 is 0 Å². The van der Waals surface area contributed by atoms with Crippen LogP contribution in [-0.4, -0.2) is 28.1 Å². The number of ether oxygens (including phenoxy) is 2. The molecule has 0 saturated carbocycles. The van der Waals surface area contributed by atoms with E-state index in [1.807, 2.05) is 74.8 Å². The average molecular weight is 364 g/mol. The minimum atomic E-state index is -0.530. The maximum atomic E-state index is 12.1. The molecule has 2 aromatic heterocycles. The Morgan fingerprint density at radius 2 is 1.93 bits per heavy atom. The first-order valence-electron chi connectivity index (χ1n) is 8.80. The third-order valence-corrected chi connectivity index (χ3v) is 3.94. The molecule has 0 aliphatic heterocycles. The minimum absolute atomic E-state index is 0.387. The molecule has 0 unspecified atom stereocenters. The summed E-state index contributed by atoms with van der Waals surface area (Å²) in [6.45, 7) is 7.57. The Balaban J connectivity index is 2.00. The molecule has 5 heteroatoms. The molecule has 0 N–H and O–H groups in total. The molecule has 0 spiro atoms. The summed E-state index contributed by atoms with van der Waals surface area (Å²) in [7, 11) is 1.62. The third kappa shape index (κ3) is 4.56. The predicted molar refractivity (Wildman–Crippen MR) is 107 cm³/mol. The highest BCUT2D eigenvalue weighted by atomic mass is 16.6. The maximum absolute atomic E-state index is 12.1. The van der Waals surface area contributed by atoms with Crippen molar-refractivity contribution in [2.24, 2.45) is 0 Å². The first kappa shape index (κ1) is 18.7. The van der Waals surface area contributed by atoms with Gasteiger partial charge >= 0.3 is 5.97 Å². The fourth-order valence-corrected chi connectivity index (χ4v) is 2.77. The summed E-state index contributed by atoms with van der Waals surface area (Å²) >= 11 is 0. The molecule has 0 aliphatic rings. The van der Waals surface area contributed by atoms with Crippen molar-refractivity contribution in [3.63, 3.8) is 0 Å². The molecule has 3 rings (SSSR count). The Bertz CT molecular complexity index is 1010. The number of esters is 1. The van der Waals surface area contributed by atoms with Gasteiger partial charge in [0, 0.05) is 24.0 Å². The molecular weight excluding hydrogens is 340 g/mol. The van der Waals surface area contributed by atoms with Gasteiger partial charge in [-0.1, -0.05) is 6.07 Å². The van der Waals surface area contributed by atoms with Crippen LogP contribution in [0.1, 0.15) is 31.9 Å². The lowest BCUT2D eigenvalue weighted by Gasteiger charge is -2.18. The first-order valence-corrected chi connectivity index (χ1v) is 8.80. The molecule has 1 aromatic carbocycles. The first-order chi connectivity index (χ1) is 12.7. The number of hydrogen-bond acceptors (Lipinski definition) is 4. The molecule has 0 saturated heterocycles. The van der Waals surface area contributed by atoms with Crippen molar-refractivity contribution in [2.45, 2.75) is 33.3 Å². The van der Waals surface area contributed by atoms with Gasteiger partial charge in [-0.15, -0.1) is 0 Å². The number of nitrogens with zero attached hydrogens (tertiary/aromatic N) is 2. The van der Waals surface area contributed by atoms with Crippen LogP contribution in [0, 0.1) is 6.92 Å². The lowest BCUT2D eigenvalue weighted by Crippen LogP contribution is -2.22. The molecule has 140 valence electrons. The van der Waals surface area contributed by atoms with Gasteiger partial charge in [0.1, 0.15) is 17.0 Å². The van der Waals surface area contributed by atoms with Gasteiger partial charge in [0.05, 0.1) is 12.8 Å². The van der Waals surface area contributed by atoms with Crippen LogP contribution in [0.15, 0.2) is 48.8 Å². The van der Waals surface area contributed by atoms with Crippen molar-refractivity contribution in [1.82, 2.24) is 9.38 Å². The van der Waals surface area contributed by atoms with Gasteiger partial charge < -0.3 is 13.9 Å². The number of hydrogen-bond donors (Lipinski definition) is 0. The average Bonchev–Trinajstić information content (AvgIpc) is 3.01. The van der Waals surface area contributed by atoms with Crippen LogP contribution in [-0.2, 0) is 9.53 Å². The molecule has 0 atom stereocenters. The van der Waals surface area contributed by atoms with E-state index in [1.54, 1.807) is 13.2 Å². The van der Waals surface area contributed by atoms with E-state index in [9.17, 15) is 4.79 Å². The van der Waals surface area contributed by atoms with Gasteiger partial charge in [0.25, 0.3) is 0 Å². The zero-order chi connectivity index (χ0) is 19.6. The van der Waals surface area contributed by atoms with Gasteiger partial charge in [-0.05, 0) is 69.2 Å². The zero-order valence-corrected chi connectivity index (χ0v) is 16.3. The van der Waals surface area contributed by atoms with E-state index in [1.165, 1.54) is 6.08 Å². The minimum Gasteiger partial charge on any atom is -0.497 e. The molecule has 5 nitrogen and oxygen atoms in total. The van der Waals surface area contributed by atoms with Crippen LogP contribution in [0.2, 0.25) is 0 Å². The molecule has 3 aromatic rings. The van der Waals surface area contributed by atoms with Gasteiger partial charge in [0.15, 0.2) is 0 Å². The highest BCUT2D eigenvalue weighted by molar-refractivity contribution is 5.89. The molecular formula is C22H24N2O3. The van der Waals surface area contributed by atoms with E-state index in [-0.39, 0.29) is 5.97 Å². The number of pyridine rings is 1. The van der Waals surface area contributed by atoms with E-state index in [0.717, 1.165) is 28.0 Å². The standard InChI is InChI=1S/C22H24N2O3/c1-15-6-10-20-23-19(14-24(20)13-15)18-9-8-17(26-5)12-16(18)7-11-21(25)27-22(2,3)4/h6-14H,1-5H3/b11-7+. The number of benzene rings is 1. The Hall–Kier alpha value is -3.08. The highest BCUT2D eigenvalue weighted by Gasteiger charge is 2.15. The molecule has 2 heterocycles. The molecule has 0 radical (unpaired) electrons. The van der Waals surface area contributed by atoms with Crippen molar-refractivity contribution in [3.05, 3.63) is 59.9 Å². The quantitative estimate of drug-likeness (QED) is 0.498. The van der Waals surface area contributed by atoms with Crippen LogP contribution in [0.5, 0.6) is 5.75 Å². The smallest absolute Gasteiger partial charge is 0.331 e. The van der Waals surface area contributed by atoms with E-state index in [4.69, 9.17) is 14.5 Å². The summed E-state index contributed by atoms with van der Waals surface area (Å²) in [5, 5.41) is 0. The third-order valence-electron chi connectivity index (χ3n) is 3.94. The molecule has 0 bridgehead atoms. The summed E-state index contributed by atoms with van der Waals surface area (Å²) in [5.74, 6) is 0.323.